The standard InChI is InChI=1S/C69H114O6/c1-4-7-10-13-16-19-22-25-28-30-31-32-33-34-35-36-37-39-41-44-47-50-53-56-59-62-68(71)74-65-66(64-73-67(70)61-58-55-52-49-46-43-40-27-24-21-18-15-12-9-6-3)75-69(72)63-60-57-54-51-48-45-42-38-29-26-23-20-17-14-11-8-5-2/h7,9-10,12,16,18-19,21,25,27-28,31-32,34-35,37,39-40,46,49,66H,4-6,8,11,13-15,17,20,22-24,26,29-30,33,36,38,41-45,47-48,50-65H2,1-3H3/b10-7-,12-9-,19-16-,21-18-,28-25-,32-31-,35-34-,39-37-,40-27-,49-46-. The van der Waals surface area contributed by atoms with Crippen molar-refractivity contribution in [3.8, 4) is 0 Å². The third-order valence-corrected chi connectivity index (χ3v) is 13.0. The van der Waals surface area contributed by atoms with Crippen LogP contribution >= 0.6 is 0 Å². The number of allylic oxidation sites excluding steroid dienone is 20. The van der Waals surface area contributed by atoms with Crippen molar-refractivity contribution in [2.75, 3.05) is 13.2 Å². The molecule has 426 valence electrons. The smallest absolute Gasteiger partial charge is 0.306 e. The summed E-state index contributed by atoms with van der Waals surface area (Å²) in [6.07, 6.45) is 86.3. The second-order valence-electron chi connectivity index (χ2n) is 20.2. The summed E-state index contributed by atoms with van der Waals surface area (Å²) < 4.78 is 16.9. The number of carbonyl (C=O) groups excluding carboxylic acids is 3. The lowest BCUT2D eigenvalue weighted by Gasteiger charge is -2.18. The van der Waals surface area contributed by atoms with E-state index in [1.165, 1.54) is 103 Å². The van der Waals surface area contributed by atoms with Crippen LogP contribution in [0.2, 0.25) is 0 Å². The van der Waals surface area contributed by atoms with E-state index in [9.17, 15) is 14.4 Å². The molecule has 0 saturated heterocycles. The fraction of sp³-hybridized carbons (Fsp3) is 0.667. The fourth-order valence-electron chi connectivity index (χ4n) is 8.38. The first-order chi connectivity index (χ1) is 37.0. The minimum absolute atomic E-state index is 0.0999. The summed E-state index contributed by atoms with van der Waals surface area (Å²) in [6.45, 7) is 6.38. The first-order valence-corrected chi connectivity index (χ1v) is 31.0. The van der Waals surface area contributed by atoms with Crippen molar-refractivity contribution in [3.05, 3.63) is 122 Å². The van der Waals surface area contributed by atoms with Crippen molar-refractivity contribution in [2.45, 2.75) is 284 Å². The van der Waals surface area contributed by atoms with Crippen LogP contribution in [0.25, 0.3) is 0 Å². The Morgan fingerprint density at radius 3 is 0.840 bits per heavy atom. The topological polar surface area (TPSA) is 78.9 Å². The SMILES string of the molecule is CC/C=C\C/C=C\C/C=C\C/C=C\C/C=C\C/C=C\CCCCCCCCC(=O)OCC(COC(=O)CCCC/C=C\C/C=C\C/C=C\C/C=C\CC)OC(=O)CCCCCCCCCCCCCCCCCCC. The summed E-state index contributed by atoms with van der Waals surface area (Å²) in [6, 6.07) is 0. The van der Waals surface area contributed by atoms with Gasteiger partial charge in [0.15, 0.2) is 6.10 Å². The second-order valence-corrected chi connectivity index (χ2v) is 20.2. The number of rotatable bonds is 55. The monoisotopic (exact) mass is 1040 g/mol. The molecule has 0 aliphatic carbocycles. The lowest BCUT2D eigenvalue weighted by molar-refractivity contribution is -0.167. The van der Waals surface area contributed by atoms with Crippen LogP contribution in [0.3, 0.4) is 0 Å². The highest BCUT2D eigenvalue weighted by Gasteiger charge is 2.19. The van der Waals surface area contributed by atoms with Crippen LogP contribution in [0.15, 0.2) is 122 Å². The number of carbonyl (C=O) groups is 3. The van der Waals surface area contributed by atoms with Crippen LogP contribution in [-0.2, 0) is 28.6 Å². The highest BCUT2D eigenvalue weighted by atomic mass is 16.6. The first kappa shape index (κ1) is 70.8. The van der Waals surface area contributed by atoms with E-state index in [1.54, 1.807) is 0 Å². The zero-order valence-electron chi connectivity index (χ0n) is 48.8. The minimum atomic E-state index is -0.804. The molecule has 0 aromatic rings. The maximum Gasteiger partial charge on any atom is 0.306 e. The Morgan fingerprint density at radius 1 is 0.280 bits per heavy atom. The largest absolute Gasteiger partial charge is 0.462 e. The van der Waals surface area contributed by atoms with Crippen molar-refractivity contribution in [3.63, 3.8) is 0 Å². The summed E-state index contributed by atoms with van der Waals surface area (Å²) in [4.78, 5) is 38.3. The van der Waals surface area contributed by atoms with Crippen LogP contribution in [0.5, 0.6) is 0 Å². The summed E-state index contributed by atoms with van der Waals surface area (Å²) >= 11 is 0. The third kappa shape index (κ3) is 60.6. The Morgan fingerprint density at radius 2 is 0.520 bits per heavy atom. The van der Waals surface area contributed by atoms with Gasteiger partial charge >= 0.3 is 17.9 Å². The molecule has 6 nitrogen and oxygen atoms in total. The molecule has 0 aliphatic rings. The van der Waals surface area contributed by atoms with Gasteiger partial charge in [0.25, 0.3) is 0 Å². The molecule has 0 aromatic heterocycles. The molecule has 0 spiro atoms. The van der Waals surface area contributed by atoms with Gasteiger partial charge in [-0.2, -0.15) is 0 Å². The summed E-state index contributed by atoms with van der Waals surface area (Å²) in [5.41, 5.74) is 0. The van der Waals surface area contributed by atoms with Crippen molar-refractivity contribution >= 4 is 17.9 Å². The zero-order valence-corrected chi connectivity index (χ0v) is 48.8. The number of hydrogen-bond acceptors (Lipinski definition) is 6. The van der Waals surface area contributed by atoms with Gasteiger partial charge in [0, 0.05) is 19.3 Å². The predicted octanol–water partition coefficient (Wildman–Crippen LogP) is 21.2. The molecule has 0 amide bonds. The Labute approximate surface area is 462 Å². The van der Waals surface area contributed by atoms with E-state index in [4.69, 9.17) is 14.2 Å². The molecule has 75 heavy (non-hydrogen) atoms. The highest BCUT2D eigenvalue weighted by molar-refractivity contribution is 5.71. The highest BCUT2D eigenvalue weighted by Crippen LogP contribution is 2.16. The maximum absolute atomic E-state index is 12.9. The number of esters is 3. The van der Waals surface area contributed by atoms with Crippen molar-refractivity contribution < 1.29 is 28.6 Å². The average Bonchev–Trinajstić information content (AvgIpc) is 3.41. The van der Waals surface area contributed by atoms with E-state index in [0.717, 1.165) is 135 Å². The molecule has 0 fully saturated rings. The van der Waals surface area contributed by atoms with Crippen molar-refractivity contribution in [1.82, 2.24) is 0 Å². The van der Waals surface area contributed by atoms with Gasteiger partial charge in [0.2, 0.25) is 0 Å². The predicted molar refractivity (Wildman–Crippen MR) is 325 cm³/mol. The molecule has 0 aromatic carbocycles. The molecule has 0 bridgehead atoms. The molecule has 0 saturated carbocycles. The molecule has 6 heteroatoms. The van der Waals surface area contributed by atoms with Crippen LogP contribution in [0, 0.1) is 0 Å². The molecule has 0 aliphatic heterocycles. The van der Waals surface area contributed by atoms with E-state index in [2.05, 4.69) is 142 Å². The molecule has 0 N–H and O–H groups in total. The van der Waals surface area contributed by atoms with Gasteiger partial charge in [0.1, 0.15) is 13.2 Å². The van der Waals surface area contributed by atoms with Gasteiger partial charge in [-0.15, -0.1) is 0 Å². The average molecular weight is 1040 g/mol. The van der Waals surface area contributed by atoms with Crippen LogP contribution in [0.1, 0.15) is 278 Å². The van der Waals surface area contributed by atoms with E-state index in [-0.39, 0.29) is 31.1 Å². The van der Waals surface area contributed by atoms with Gasteiger partial charge in [-0.25, -0.2) is 0 Å². The number of unbranched alkanes of at least 4 members (excludes halogenated alkanes) is 24. The van der Waals surface area contributed by atoms with Gasteiger partial charge < -0.3 is 14.2 Å². The van der Waals surface area contributed by atoms with E-state index >= 15 is 0 Å². The molecule has 1 atom stereocenters. The third-order valence-electron chi connectivity index (χ3n) is 13.0. The van der Waals surface area contributed by atoms with E-state index in [1.807, 2.05) is 0 Å². The lowest BCUT2D eigenvalue weighted by Crippen LogP contribution is -2.30. The van der Waals surface area contributed by atoms with Gasteiger partial charge in [-0.1, -0.05) is 271 Å². The number of ether oxygens (including phenoxy) is 3. The first-order valence-electron chi connectivity index (χ1n) is 31.0. The van der Waals surface area contributed by atoms with Crippen molar-refractivity contribution in [1.29, 1.82) is 0 Å². The quantitative estimate of drug-likeness (QED) is 0.0261. The zero-order chi connectivity index (χ0) is 54.3. The Hall–Kier alpha value is -4.19. The normalized spacial score (nSPS) is 12.9. The van der Waals surface area contributed by atoms with Gasteiger partial charge in [-0.05, 0) is 109 Å². The maximum atomic E-state index is 12.9. The Kier molecular flexibility index (Phi) is 58.9. The fourth-order valence-corrected chi connectivity index (χ4v) is 8.38. The number of hydrogen-bond donors (Lipinski definition) is 0. The Balaban J connectivity index is 4.43. The Bertz CT molecular complexity index is 1570. The van der Waals surface area contributed by atoms with Crippen LogP contribution in [0.4, 0.5) is 0 Å². The van der Waals surface area contributed by atoms with E-state index in [0.29, 0.717) is 19.3 Å². The summed E-state index contributed by atoms with van der Waals surface area (Å²) in [5, 5.41) is 0. The van der Waals surface area contributed by atoms with Crippen LogP contribution < -0.4 is 0 Å². The minimum Gasteiger partial charge on any atom is -0.462 e. The summed E-state index contributed by atoms with van der Waals surface area (Å²) in [5.74, 6) is -0.950. The van der Waals surface area contributed by atoms with Gasteiger partial charge in [-0.3, -0.25) is 14.4 Å². The lowest BCUT2D eigenvalue weighted by atomic mass is 10.0. The molecular formula is C69H114O6. The summed E-state index contributed by atoms with van der Waals surface area (Å²) in [7, 11) is 0. The molecule has 0 heterocycles. The molecule has 0 rings (SSSR count). The molecular weight excluding hydrogens is 925 g/mol. The molecule has 0 radical (unpaired) electrons. The van der Waals surface area contributed by atoms with Gasteiger partial charge in [0.05, 0.1) is 0 Å². The second kappa shape index (κ2) is 62.4. The van der Waals surface area contributed by atoms with E-state index < -0.39 is 6.10 Å². The molecule has 1 unspecified atom stereocenters. The van der Waals surface area contributed by atoms with Crippen LogP contribution in [-0.4, -0.2) is 37.2 Å². The van der Waals surface area contributed by atoms with Crippen molar-refractivity contribution in [2.24, 2.45) is 0 Å².